The molecular formula is C17H23F2NO. The van der Waals surface area contributed by atoms with Gasteiger partial charge in [0.05, 0.1) is 6.61 Å². The largest absolute Gasteiger partial charge is 0.383 e. The standard InChI is InChI=1S/C17H23F2NO/c1-21-6-5-20-12-17(10-16(11-17)3-2-4-16)13-7-14(18)9-15(19)8-13/h7-9,20H,2-6,10-12H2,1H3. The van der Waals surface area contributed by atoms with Crippen molar-refractivity contribution >= 4 is 0 Å². The Labute approximate surface area is 124 Å². The van der Waals surface area contributed by atoms with Gasteiger partial charge in [0, 0.05) is 31.7 Å². The first-order chi connectivity index (χ1) is 10.1. The van der Waals surface area contributed by atoms with Crippen LogP contribution in [0.3, 0.4) is 0 Å². The van der Waals surface area contributed by atoms with Gasteiger partial charge >= 0.3 is 0 Å². The van der Waals surface area contributed by atoms with Crippen LogP contribution < -0.4 is 5.32 Å². The van der Waals surface area contributed by atoms with E-state index < -0.39 is 11.6 Å². The summed E-state index contributed by atoms with van der Waals surface area (Å²) in [4.78, 5) is 0. The van der Waals surface area contributed by atoms with Gasteiger partial charge in [0.25, 0.3) is 0 Å². The molecule has 1 aromatic rings. The van der Waals surface area contributed by atoms with Crippen molar-refractivity contribution in [1.82, 2.24) is 5.32 Å². The van der Waals surface area contributed by atoms with Crippen LogP contribution in [0, 0.1) is 17.0 Å². The summed E-state index contributed by atoms with van der Waals surface area (Å²) in [6.07, 6.45) is 5.92. The van der Waals surface area contributed by atoms with Crippen LogP contribution in [0.4, 0.5) is 8.78 Å². The first-order valence-corrected chi connectivity index (χ1v) is 7.74. The van der Waals surface area contributed by atoms with Gasteiger partial charge in [0.2, 0.25) is 0 Å². The Kier molecular flexibility index (Phi) is 4.02. The van der Waals surface area contributed by atoms with E-state index in [2.05, 4.69) is 5.32 Å². The zero-order chi connectivity index (χ0) is 14.9. The third-order valence-electron chi connectivity index (χ3n) is 5.26. The van der Waals surface area contributed by atoms with Crippen LogP contribution in [-0.2, 0) is 10.2 Å². The second-order valence-electron chi connectivity index (χ2n) is 6.82. The van der Waals surface area contributed by atoms with E-state index in [1.807, 2.05) is 0 Å². The van der Waals surface area contributed by atoms with E-state index in [-0.39, 0.29) is 5.41 Å². The van der Waals surface area contributed by atoms with Gasteiger partial charge in [-0.3, -0.25) is 0 Å². The van der Waals surface area contributed by atoms with Crippen LogP contribution in [0.25, 0.3) is 0 Å². The molecule has 2 aliphatic carbocycles. The molecule has 1 N–H and O–H groups in total. The van der Waals surface area contributed by atoms with Crippen LogP contribution in [0.2, 0.25) is 0 Å². The topological polar surface area (TPSA) is 21.3 Å². The van der Waals surface area contributed by atoms with Crippen LogP contribution in [0.5, 0.6) is 0 Å². The monoisotopic (exact) mass is 295 g/mol. The molecule has 2 saturated carbocycles. The minimum atomic E-state index is -0.476. The van der Waals surface area contributed by atoms with Gasteiger partial charge in [0.15, 0.2) is 0 Å². The molecule has 1 aromatic carbocycles. The summed E-state index contributed by atoms with van der Waals surface area (Å²) >= 11 is 0. The highest BCUT2D eigenvalue weighted by atomic mass is 19.1. The van der Waals surface area contributed by atoms with E-state index in [1.54, 1.807) is 7.11 Å². The Morgan fingerprint density at radius 3 is 2.33 bits per heavy atom. The van der Waals surface area contributed by atoms with Crippen molar-refractivity contribution in [3.05, 3.63) is 35.4 Å². The van der Waals surface area contributed by atoms with Gasteiger partial charge < -0.3 is 10.1 Å². The van der Waals surface area contributed by atoms with E-state index in [9.17, 15) is 8.78 Å². The molecule has 21 heavy (non-hydrogen) atoms. The van der Waals surface area contributed by atoms with Crippen LogP contribution in [-0.4, -0.2) is 26.8 Å². The zero-order valence-corrected chi connectivity index (χ0v) is 12.6. The fourth-order valence-electron chi connectivity index (χ4n) is 4.21. The molecular weight excluding hydrogens is 272 g/mol. The second-order valence-corrected chi connectivity index (χ2v) is 6.82. The first kappa shape index (κ1) is 14.9. The van der Waals surface area contributed by atoms with Gasteiger partial charge in [-0.1, -0.05) is 6.42 Å². The Balaban J connectivity index is 1.76. The molecule has 0 radical (unpaired) electrons. The van der Waals surface area contributed by atoms with Crippen LogP contribution in [0.1, 0.15) is 37.7 Å². The summed E-state index contributed by atoms with van der Waals surface area (Å²) in [5, 5.41) is 3.38. The Morgan fingerprint density at radius 2 is 1.81 bits per heavy atom. The maximum Gasteiger partial charge on any atom is 0.126 e. The lowest BCUT2D eigenvalue weighted by atomic mass is 9.43. The van der Waals surface area contributed by atoms with Crippen molar-refractivity contribution in [2.75, 3.05) is 26.8 Å². The molecule has 0 saturated heterocycles. The van der Waals surface area contributed by atoms with Crippen LogP contribution in [0.15, 0.2) is 18.2 Å². The van der Waals surface area contributed by atoms with Gasteiger partial charge in [-0.05, 0) is 48.8 Å². The predicted molar refractivity (Wildman–Crippen MR) is 78.3 cm³/mol. The fourth-order valence-corrected chi connectivity index (χ4v) is 4.21. The third kappa shape index (κ3) is 2.84. The van der Waals surface area contributed by atoms with Gasteiger partial charge in [-0.2, -0.15) is 0 Å². The molecule has 3 rings (SSSR count). The van der Waals surface area contributed by atoms with Crippen molar-refractivity contribution in [3.8, 4) is 0 Å². The van der Waals surface area contributed by atoms with Crippen molar-refractivity contribution in [2.45, 2.75) is 37.5 Å². The minimum absolute atomic E-state index is 0.114. The molecule has 116 valence electrons. The number of nitrogens with one attached hydrogen (secondary N) is 1. The molecule has 4 heteroatoms. The highest BCUT2D eigenvalue weighted by Gasteiger charge is 2.57. The third-order valence-corrected chi connectivity index (χ3v) is 5.26. The maximum atomic E-state index is 13.6. The van der Waals surface area contributed by atoms with E-state index in [0.717, 1.165) is 37.6 Å². The van der Waals surface area contributed by atoms with E-state index >= 15 is 0 Å². The molecule has 0 atom stereocenters. The maximum absolute atomic E-state index is 13.6. The first-order valence-electron chi connectivity index (χ1n) is 7.74. The highest BCUT2D eigenvalue weighted by Crippen LogP contribution is 2.64. The molecule has 0 heterocycles. The summed E-state index contributed by atoms with van der Waals surface area (Å²) in [6, 6.07) is 3.96. The van der Waals surface area contributed by atoms with E-state index in [1.165, 1.54) is 31.4 Å². The quantitative estimate of drug-likeness (QED) is 0.812. The van der Waals surface area contributed by atoms with Gasteiger partial charge in [-0.15, -0.1) is 0 Å². The SMILES string of the molecule is COCCNCC1(c2cc(F)cc(F)c2)CC2(CCC2)C1. The number of hydrogen-bond acceptors (Lipinski definition) is 2. The molecule has 0 unspecified atom stereocenters. The van der Waals surface area contributed by atoms with Crippen molar-refractivity contribution in [1.29, 1.82) is 0 Å². The summed E-state index contributed by atoms with van der Waals surface area (Å²) in [5.74, 6) is -0.952. The molecule has 0 bridgehead atoms. The van der Waals surface area contributed by atoms with E-state index in [0.29, 0.717) is 12.0 Å². The minimum Gasteiger partial charge on any atom is -0.383 e. The zero-order valence-electron chi connectivity index (χ0n) is 12.6. The lowest BCUT2D eigenvalue weighted by Gasteiger charge is -2.61. The van der Waals surface area contributed by atoms with Gasteiger partial charge in [0.1, 0.15) is 11.6 Å². The Bertz CT molecular complexity index is 485. The van der Waals surface area contributed by atoms with Gasteiger partial charge in [-0.25, -0.2) is 8.78 Å². The summed E-state index contributed by atoms with van der Waals surface area (Å²) < 4.78 is 32.2. The Morgan fingerprint density at radius 1 is 1.14 bits per heavy atom. The van der Waals surface area contributed by atoms with Crippen molar-refractivity contribution < 1.29 is 13.5 Å². The molecule has 2 nitrogen and oxygen atoms in total. The summed E-state index contributed by atoms with van der Waals surface area (Å²) in [5.41, 5.74) is 1.14. The van der Waals surface area contributed by atoms with Crippen LogP contribution >= 0.6 is 0 Å². The number of ether oxygens (including phenoxy) is 1. The molecule has 0 aromatic heterocycles. The number of hydrogen-bond donors (Lipinski definition) is 1. The lowest BCUT2D eigenvalue weighted by Crippen LogP contribution is -2.57. The second kappa shape index (κ2) is 5.65. The normalized spacial score (nSPS) is 21.9. The molecule has 2 aliphatic rings. The summed E-state index contributed by atoms with van der Waals surface area (Å²) in [7, 11) is 1.67. The van der Waals surface area contributed by atoms with Crippen molar-refractivity contribution in [2.24, 2.45) is 5.41 Å². The summed E-state index contributed by atoms with van der Waals surface area (Å²) in [6.45, 7) is 2.18. The predicted octanol–water partition coefficient (Wildman–Crippen LogP) is 3.40. The molecule has 2 fully saturated rings. The number of methoxy groups -OCH3 is 1. The highest BCUT2D eigenvalue weighted by molar-refractivity contribution is 5.33. The molecule has 1 spiro atoms. The fraction of sp³-hybridized carbons (Fsp3) is 0.647. The van der Waals surface area contributed by atoms with E-state index in [4.69, 9.17) is 4.74 Å². The average Bonchev–Trinajstić information content (AvgIpc) is 2.33. The average molecular weight is 295 g/mol. The van der Waals surface area contributed by atoms with Crippen molar-refractivity contribution in [3.63, 3.8) is 0 Å². The molecule has 0 aliphatic heterocycles. The number of benzene rings is 1. The number of rotatable bonds is 6. The lowest BCUT2D eigenvalue weighted by molar-refractivity contribution is -0.0487. The molecule has 0 amide bonds. The number of halogens is 2. The Hall–Kier alpha value is -1.00. The smallest absolute Gasteiger partial charge is 0.126 e.